The van der Waals surface area contributed by atoms with Crippen molar-refractivity contribution >= 4 is 5.78 Å². The zero-order valence-corrected chi connectivity index (χ0v) is 11.8. The van der Waals surface area contributed by atoms with Gasteiger partial charge in [-0.1, -0.05) is 0 Å². The van der Waals surface area contributed by atoms with Crippen LogP contribution in [0.2, 0.25) is 0 Å². The average Bonchev–Trinajstić information content (AvgIpc) is 2.44. The van der Waals surface area contributed by atoms with E-state index in [9.17, 15) is 18.4 Å². The molecule has 0 fully saturated rings. The van der Waals surface area contributed by atoms with Gasteiger partial charge in [-0.3, -0.25) is 9.59 Å². The van der Waals surface area contributed by atoms with Crippen LogP contribution in [-0.2, 0) is 0 Å². The van der Waals surface area contributed by atoms with E-state index in [0.29, 0.717) is 16.0 Å². The van der Waals surface area contributed by atoms with E-state index < -0.39 is 22.9 Å². The van der Waals surface area contributed by atoms with Crippen LogP contribution in [0.3, 0.4) is 0 Å². The van der Waals surface area contributed by atoms with Crippen LogP contribution in [0, 0.1) is 25.6 Å². The Bertz CT molecular complexity index is 1020. The summed E-state index contributed by atoms with van der Waals surface area (Å²) in [5.41, 5.74) is -0.114. The Kier molecular flexibility index (Phi) is 3.13. The lowest BCUT2D eigenvalue weighted by molar-refractivity contribution is 0.545. The fourth-order valence-electron chi connectivity index (χ4n) is 2.25. The molecule has 0 amide bonds. The van der Waals surface area contributed by atoms with E-state index in [4.69, 9.17) is 0 Å². The molecular weight excluding hydrogens is 292 g/mol. The van der Waals surface area contributed by atoms with Crippen LogP contribution in [0.15, 0.2) is 40.1 Å². The number of hydrogen-bond acceptors (Lipinski definition) is 3. The highest BCUT2D eigenvalue weighted by molar-refractivity contribution is 5.47. The molecule has 22 heavy (non-hydrogen) atoms. The summed E-state index contributed by atoms with van der Waals surface area (Å²) in [6.45, 7) is 3.49. The molecule has 0 radical (unpaired) electrons. The van der Waals surface area contributed by atoms with Crippen LogP contribution < -0.4 is 11.1 Å². The molecule has 0 saturated carbocycles. The highest BCUT2D eigenvalue weighted by Crippen LogP contribution is 2.18. The molecule has 112 valence electrons. The smallest absolute Gasteiger partial charge is 0.262 e. The molecule has 0 saturated heterocycles. The first kappa shape index (κ1) is 14.1. The molecule has 0 unspecified atom stereocenters. The van der Waals surface area contributed by atoms with E-state index in [2.05, 4.69) is 4.98 Å². The molecule has 0 spiro atoms. The van der Waals surface area contributed by atoms with Gasteiger partial charge in [-0.2, -0.15) is 4.39 Å². The summed E-state index contributed by atoms with van der Waals surface area (Å²) in [6.07, 6.45) is 1.14. The highest BCUT2D eigenvalue weighted by atomic mass is 19.1. The van der Waals surface area contributed by atoms with Crippen LogP contribution in [0.1, 0.15) is 11.1 Å². The Morgan fingerprint density at radius 1 is 1.00 bits per heavy atom. The van der Waals surface area contributed by atoms with Crippen LogP contribution in [0.4, 0.5) is 8.78 Å². The lowest BCUT2D eigenvalue weighted by Gasteiger charge is -2.12. The molecule has 1 aromatic carbocycles. The van der Waals surface area contributed by atoms with E-state index in [1.54, 1.807) is 13.8 Å². The normalized spacial score (nSPS) is 11.1. The van der Waals surface area contributed by atoms with E-state index >= 15 is 0 Å². The second-order valence-electron chi connectivity index (χ2n) is 4.95. The monoisotopic (exact) mass is 303 g/mol. The van der Waals surface area contributed by atoms with Crippen LogP contribution >= 0.6 is 0 Å². The lowest BCUT2D eigenvalue weighted by atomic mass is 10.1. The standard InChI is InChI=1S/C15H11F2N3O2/c1-8-5-10(16)11(6-9(8)2)19-14(22)7-12(17)20-13(21)3-4-18-15(19)20/h3-7H,1-2H3. The number of fused-ring (bicyclic) bond motifs is 1. The number of aromatic nitrogens is 3. The van der Waals surface area contributed by atoms with Crippen LogP contribution in [-0.4, -0.2) is 14.0 Å². The van der Waals surface area contributed by atoms with Crippen molar-refractivity contribution in [3.8, 4) is 5.69 Å². The maximum absolute atomic E-state index is 14.3. The highest BCUT2D eigenvalue weighted by Gasteiger charge is 2.16. The number of hydrogen-bond donors (Lipinski definition) is 0. The van der Waals surface area contributed by atoms with Gasteiger partial charge in [-0.05, 0) is 37.1 Å². The van der Waals surface area contributed by atoms with Crippen LogP contribution in [0.5, 0.6) is 0 Å². The maximum Gasteiger partial charge on any atom is 0.262 e. The number of aryl methyl sites for hydroxylation is 2. The molecule has 0 atom stereocenters. The fraction of sp³-hybridized carbons (Fsp3) is 0.133. The Labute approximate surface area is 123 Å². The van der Waals surface area contributed by atoms with Gasteiger partial charge >= 0.3 is 0 Å². The lowest BCUT2D eigenvalue weighted by Crippen LogP contribution is -2.28. The zero-order chi connectivity index (χ0) is 16.0. The summed E-state index contributed by atoms with van der Waals surface area (Å²) >= 11 is 0. The van der Waals surface area contributed by atoms with Crippen LogP contribution in [0.25, 0.3) is 11.5 Å². The molecule has 7 heteroatoms. The molecular formula is C15H11F2N3O2. The minimum atomic E-state index is -1.04. The SMILES string of the molecule is Cc1cc(F)c(-n2c(=O)cc(F)n3c(=O)ccnc23)cc1C. The van der Waals surface area contributed by atoms with Gasteiger partial charge in [0.15, 0.2) is 0 Å². The minimum Gasteiger partial charge on any atom is -0.269 e. The Balaban J connectivity index is 2.52. The number of halogens is 2. The summed E-state index contributed by atoms with van der Waals surface area (Å²) in [4.78, 5) is 27.7. The minimum absolute atomic E-state index is 0.0799. The van der Waals surface area contributed by atoms with Gasteiger partial charge in [0, 0.05) is 12.3 Å². The molecule has 0 aliphatic carbocycles. The molecule has 5 nitrogen and oxygen atoms in total. The Hall–Kier alpha value is -2.83. The predicted molar refractivity (Wildman–Crippen MR) is 76.4 cm³/mol. The Morgan fingerprint density at radius 3 is 2.41 bits per heavy atom. The van der Waals surface area contributed by atoms with Gasteiger partial charge in [-0.15, -0.1) is 0 Å². The van der Waals surface area contributed by atoms with Gasteiger partial charge in [0.1, 0.15) is 5.82 Å². The molecule has 2 heterocycles. The first-order valence-electron chi connectivity index (χ1n) is 6.46. The van der Waals surface area contributed by atoms with Gasteiger partial charge in [0.25, 0.3) is 11.1 Å². The fourth-order valence-corrected chi connectivity index (χ4v) is 2.25. The summed E-state index contributed by atoms with van der Waals surface area (Å²) in [5.74, 6) is -1.98. The molecule has 2 aromatic heterocycles. The predicted octanol–water partition coefficient (Wildman–Crippen LogP) is 1.74. The average molecular weight is 303 g/mol. The van der Waals surface area contributed by atoms with Crippen molar-refractivity contribution in [1.29, 1.82) is 0 Å². The summed E-state index contributed by atoms with van der Waals surface area (Å²) < 4.78 is 29.6. The molecule has 3 aromatic rings. The molecule has 0 aliphatic rings. The van der Waals surface area contributed by atoms with E-state index in [0.717, 1.165) is 22.4 Å². The van der Waals surface area contributed by atoms with E-state index in [1.165, 1.54) is 12.1 Å². The largest absolute Gasteiger partial charge is 0.269 e. The van der Waals surface area contributed by atoms with Crippen molar-refractivity contribution in [2.24, 2.45) is 0 Å². The Morgan fingerprint density at radius 2 is 1.68 bits per heavy atom. The number of nitrogens with zero attached hydrogens (tertiary/aromatic N) is 3. The quantitative estimate of drug-likeness (QED) is 0.643. The number of benzene rings is 1. The topological polar surface area (TPSA) is 56.4 Å². The third kappa shape index (κ3) is 2.02. The third-order valence-electron chi connectivity index (χ3n) is 3.51. The van der Waals surface area contributed by atoms with E-state index in [-0.39, 0.29) is 11.5 Å². The van der Waals surface area contributed by atoms with Gasteiger partial charge < -0.3 is 0 Å². The second kappa shape index (κ2) is 4.87. The van der Waals surface area contributed by atoms with E-state index in [1.807, 2.05) is 0 Å². The van der Waals surface area contributed by atoms with Crippen molar-refractivity contribution in [3.63, 3.8) is 0 Å². The summed E-state index contributed by atoms with van der Waals surface area (Å²) in [5, 5.41) is 0. The first-order valence-corrected chi connectivity index (χ1v) is 6.46. The summed E-state index contributed by atoms with van der Waals surface area (Å²) in [7, 11) is 0. The summed E-state index contributed by atoms with van der Waals surface area (Å²) in [6, 6.07) is 4.42. The first-order chi connectivity index (χ1) is 10.4. The van der Waals surface area contributed by atoms with Crippen molar-refractivity contribution < 1.29 is 8.78 Å². The van der Waals surface area contributed by atoms with Gasteiger partial charge in [0.2, 0.25) is 11.7 Å². The van der Waals surface area contributed by atoms with Gasteiger partial charge in [-0.25, -0.2) is 18.3 Å². The molecule has 0 N–H and O–H groups in total. The third-order valence-corrected chi connectivity index (χ3v) is 3.51. The number of rotatable bonds is 1. The van der Waals surface area contributed by atoms with Crippen molar-refractivity contribution in [3.05, 3.63) is 74.1 Å². The zero-order valence-electron chi connectivity index (χ0n) is 11.8. The van der Waals surface area contributed by atoms with Gasteiger partial charge in [0.05, 0.1) is 11.8 Å². The van der Waals surface area contributed by atoms with Crippen molar-refractivity contribution in [2.45, 2.75) is 13.8 Å². The molecule has 0 aliphatic heterocycles. The van der Waals surface area contributed by atoms with Crippen molar-refractivity contribution in [1.82, 2.24) is 14.0 Å². The van der Waals surface area contributed by atoms with Crippen molar-refractivity contribution in [2.75, 3.05) is 0 Å². The second-order valence-corrected chi connectivity index (χ2v) is 4.95. The molecule has 3 rings (SSSR count). The molecule has 0 bridgehead atoms. The maximum atomic E-state index is 14.3.